The van der Waals surface area contributed by atoms with E-state index < -0.39 is 0 Å². The number of nitrogens with two attached hydrogens (primary N) is 1. The lowest BCUT2D eigenvalue weighted by molar-refractivity contribution is -0.118. The van der Waals surface area contributed by atoms with Gasteiger partial charge in [-0.1, -0.05) is 6.07 Å². The van der Waals surface area contributed by atoms with Crippen LogP contribution in [0.1, 0.15) is 25.8 Å². The molecule has 0 aliphatic carbocycles. The van der Waals surface area contributed by atoms with Crippen molar-refractivity contribution >= 4 is 11.6 Å². The lowest BCUT2D eigenvalue weighted by Crippen LogP contribution is -2.32. The molecule has 1 aliphatic rings. The van der Waals surface area contributed by atoms with Crippen molar-refractivity contribution in [3.8, 4) is 5.75 Å². The number of nitrogens with one attached hydrogen (secondary N) is 1. The number of carbonyl (C=O) groups is 1. The summed E-state index contributed by atoms with van der Waals surface area (Å²) < 4.78 is 5.37. The van der Waals surface area contributed by atoms with Crippen LogP contribution in [-0.4, -0.2) is 18.1 Å². The van der Waals surface area contributed by atoms with Crippen LogP contribution in [0.4, 0.5) is 5.69 Å². The molecule has 17 heavy (non-hydrogen) atoms. The molecule has 1 amide bonds. The number of aryl methyl sites for hydroxylation is 1. The van der Waals surface area contributed by atoms with Gasteiger partial charge in [0.05, 0.1) is 5.69 Å². The van der Waals surface area contributed by atoms with E-state index in [1.54, 1.807) is 0 Å². The average Bonchev–Trinajstić information content (AvgIpc) is 2.25. The monoisotopic (exact) mass is 234 g/mol. The molecule has 0 spiro atoms. The van der Waals surface area contributed by atoms with Crippen molar-refractivity contribution in [3.05, 3.63) is 23.8 Å². The van der Waals surface area contributed by atoms with Gasteiger partial charge in [-0.05, 0) is 44.4 Å². The van der Waals surface area contributed by atoms with Gasteiger partial charge in [0.15, 0.2) is 6.61 Å². The van der Waals surface area contributed by atoms with Crippen LogP contribution in [0.15, 0.2) is 18.2 Å². The number of rotatable bonds is 3. The summed E-state index contributed by atoms with van der Waals surface area (Å²) in [5, 5.41) is 2.77. The molecular formula is C13H18N2O2. The molecule has 0 bridgehead atoms. The maximum atomic E-state index is 11.1. The first-order valence-electron chi connectivity index (χ1n) is 5.78. The Bertz CT molecular complexity index is 436. The smallest absolute Gasteiger partial charge is 0.262 e. The normalized spacial score (nSPS) is 14.9. The van der Waals surface area contributed by atoms with Gasteiger partial charge < -0.3 is 15.8 Å². The first kappa shape index (κ1) is 11.9. The van der Waals surface area contributed by atoms with Crippen molar-refractivity contribution in [1.82, 2.24) is 0 Å². The molecule has 0 fully saturated rings. The van der Waals surface area contributed by atoms with Gasteiger partial charge in [-0.15, -0.1) is 0 Å². The molecule has 4 nitrogen and oxygen atoms in total. The number of ether oxygens (including phenoxy) is 1. The van der Waals surface area contributed by atoms with E-state index in [-0.39, 0.29) is 18.1 Å². The Labute approximate surface area is 101 Å². The van der Waals surface area contributed by atoms with Gasteiger partial charge in [0.25, 0.3) is 5.91 Å². The highest BCUT2D eigenvalue weighted by Crippen LogP contribution is 2.29. The third kappa shape index (κ3) is 3.20. The fourth-order valence-electron chi connectivity index (χ4n) is 1.74. The number of fused-ring (bicyclic) bond motifs is 1. The van der Waals surface area contributed by atoms with Gasteiger partial charge in [-0.2, -0.15) is 0 Å². The van der Waals surface area contributed by atoms with Crippen LogP contribution >= 0.6 is 0 Å². The predicted octanol–water partition coefficient (Wildman–Crippen LogP) is 1.69. The third-order valence-corrected chi connectivity index (χ3v) is 2.74. The first-order chi connectivity index (χ1) is 7.94. The molecule has 1 heterocycles. The van der Waals surface area contributed by atoms with E-state index >= 15 is 0 Å². The standard InChI is InChI=1S/C13H18N2O2/c1-13(2,14)6-5-9-3-4-10-11(7-9)17-8-12(16)15-10/h3-4,7H,5-6,8,14H2,1-2H3,(H,15,16). The van der Waals surface area contributed by atoms with E-state index in [0.717, 1.165) is 24.3 Å². The second-order valence-corrected chi connectivity index (χ2v) is 5.16. The van der Waals surface area contributed by atoms with Crippen LogP contribution in [0.5, 0.6) is 5.75 Å². The van der Waals surface area contributed by atoms with Crippen molar-refractivity contribution in [1.29, 1.82) is 0 Å². The summed E-state index contributed by atoms with van der Waals surface area (Å²) in [7, 11) is 0. The Hall–Kier alpha value is -1.55. The molecule has 0 unspecified atom stereocenters. The van der Waals surface area contributed by atoms with Gasteiger partial charge in [-0.25, -0.2) is 0 Å². The molecule has 4 heteroatoms. The lowest BCUT2D eigenvalue weighted by atomic mass is 9.96. The van der Waals surface area contributed by atoms with Crippen LogP contribution in [0, 0.1) is 0 Å². The topological polar surface area (TPSA) is 64.3 Å². The van der Waals surface area contributed by atoms with Gasteiger partial charge >= 0.3 is 0 Å². The summed E-state index contributed by atoms with van der Waals surface area (Å²) in [5.41, 5.74) is 7.72. The Kier molecular flexibility index (Phi) is 3.07. The molecule has 92 valence electrons. The van der Waals surface area contributed by atoms with Crippen molar-refractivity contribution in [2.45, 2.75) is 32.2 Å². The van der Waals surface area contributed by atoms with Crippen LogP contribution in [0.2, 0.25) is 0 Å². The zero-order chi connectivity index (χ0) is 12.5. The minimum absolute atomic E-state index is 0.0961. The van der Waals surface area contributed by atoms with Gasteiger partial charge in [-0.3, -0.25) is 4.79 Å². The quantitative estimate of drug-likeness (QED) is 0.836. The Morgan fingerprint density at radius 1 is 1.47 bits per heavy atom. The Morgan fingerprint density at radius 3 is 2.94 bits per heavy atom. The minimum Gasteiger partial charge on any atom is -0.482 e. The summed E-state index contributed by atoms with van der Waals surface area (Å²) in [6, 6.07) is 5.85. The first-order valence-corrected chi connectivity index (χ1v) is 5.78. The number of hydrogen-bond donors (Lipinski definition) is 2. The number of amides is 1. The number of carbonyl (C=O) groups excluding carboxylic acids is 1. The van der Waals surface area contributed by atoms with E-state index in [9.17, 15) is 4.79 Å². The molecule has 3 N–H and O–H groups in total. The lowest BCUT2D eigenvalue weighted by Gasteiger charge is -2.20. The molecule has 1 aromatic rings. The third-order valence-electron chi connectivity index (χ3n) is 2.74. The van der Waals surface area contributed by atoms with Gasteiger partial charge in [0, 0.05) is 5.54 Å². The van der Waals surface area contributed by atoms with E-state index in [0.29, 0.717) is 0 Å². The highest BCUT2D eigenvalue weighted by Gasteiger charge is 2.16. The maximum Gasteiger partial charge on any atom is 0.262 e. The average molecular weight is 234 g/mol. The number of anilines is 1. The highest BCUT2D eigenvalue weighted by atomic mass is 16.5. The second-order valence-electron chi connectivity index (χ2n) is 5.16. The molecule has 0 saturated heterocycles. The second kappa shape index (κ2) is 4.37. The Morgan fingerprint density at radius 2 is 2.24 bits per heavy atom. The van der Waals surface area contributed by atoms with E-state index in [1.165, 1.54) is 5.56 Å². The Balaban J connectivity index is 2.09. The van der Waals surface area contributed by atoms with E-state index in [2.05, 4.69) is 5.32 Å². The summed E-state index contributed by atoms with van der Waals surface area (Å²) in [5.74, 6) is 0.644. The van der Waals surface area contributed by atoms with Gasteiger partial charge in [0.2, 0.25) is 0 Å². The van der Waals surface area contributed by atoms with Crippen molar-refractivity contribution < 1.29 is 9.53 Å². The summed E-state index contributed by atoms with van der Waals surface area (Å²) in [4.78, 5) is 11.1. The fourth-order valence-corrected chi connectivity index (χ4v) is 1.74. The van der Waals surface area contributed by atoms with Crippen LogP contribution in [0.3, 0.4) is 0 Å². The SMILES string of the molecule is CC(C)(N)CCc1ccc2c(c1)OCC(=O)N2. The van der Waals surface area contributed by atoms with E-state index in [1.807, 2.05) is 32.0 Å². The fraction of sp³-hybridized carbons (Fsp3) is 0.462. The molecule has 1 aromatic carbocycles. The maximum absolute atomic E-state index is 11.1. The summed E-state index contributed by atoms with van der Waals surface area (Å²) >= 11 is 0. The zero-order valence-electron chi connectivity index (χ0n) is 10.2. The highest BCUT2D eigenvalue weighted by molar-refractivity contribution is 5.95. The van der Waals surface area contributed by atoms with Crippen LogP contribution < -0.4 is 15.8 Å². The van der Waals surface area contributed by atoms with Crippen LogP contribution in [0.25, 0.3) is 0 Å². The molecule has 0 atom stereocenters. The largest absolute Gasteiger partial charge is 0.482 e. The van der Waals surface area contributed by atoms with Crippen molar-refractivity contribution in [2.75, 3.05) is 11.9 Å². The van der Waals surface area contributed by atoms with Crippen molar-refractivity contribution in [2.24, 2.45) is 5.73 Å². The molecule has 0 saturated carbocycles. The number of hydrogen-bond acceptors (Lipinski definition) is 3. The molecule has 2 rings (SSSR count). The molecule has 0 aromatic heterocycles. The molecule has 1 aliphatic heterocycles. The van der Waals surface area contributed by atoms with Crippen LogP contribution in [-0.2, 0) is 11.2 Å². The predicted molar refractivity (Wildman–Crippen MR) is 67.2 cm³/mol. The van der Waals surface area contributed by atoms with Crippen molar-refractivity contribution in [3.63, 3.8) is 0 Å². The summed E-state index contributed by atoms with van der Waals surface area (Å²) in [6.07, 6.45) is 1.83. The minimum atomic E-state index is -0.162. The van der Waals surface area contributed by atoms with E-state index in [4.69, 9.17) is 10.5 Å². The molecular weight excluding hydrogens is 216 g/mol. The van der Waals surface area contributed by atoms with Gasteiger partial charge in [0.1, 0.15) is 5.75 Å². The number of benzene rings is 1. The summed E-state index contributed by atoms with van der Waals surface area (Å²) in [6.45, 7) is 4.13. The molecule has 0 radical (unpaired) electrons. The zero-order valence-corrected chi connectivity index (χ0v) is 10.2.